The average molecular weight is 507 g/mol. The van der Waals surface area contributed by atoms with E-state index in [0.717, 1.165) is 57.3 Å². The Labute approximate surface area is 208 Å². The van der Waals surface area contributed by atoms with E-state index < -0.39 is 11.7 Å². The molecule has 3 N–H and O–H groups in total. The lowest BCUT2D eigenvalue weighted by molar-refractivity contribution is -0.137. The van der Waals surface area contributed by atoms with Crippen molar-refractivity contribution in [2.45, 2.75) is 70.3 Å². The zero-order chi connectivity index (χ0) is 25.9. The maximum absolute atomic E-state index is 13.1. The lowest BCUT2D eigenvalue weighted by Crippen LogP contribution is -2.63. The van der Waals surface area contributed by atoms with Gasteiger partial charge in [-0.3, -0.25) is 14.5 Å². The molecule has 2 aliphatic rings. The van der Waals surface area contributed by atoms with E-state index in [1.165, 1.54) is 12.4 Å². The summed E-state index contributed by atoms with van der Waals surface area (Å²) in [6.07, 6.45) is 2.07. The van der Waals surface area contributed by atoms with E-state index in [2.05, 4.69) is 37.7 Å². The van der Waals surface area contributed by atoms with Gasteiger partial charge in [0, 0.05) is 37.5 Å². The predicted octanol–water partition coefficient (Wildman–Crippen LogP) is 3.33. The normalized spacial score (nSPS) is 22.0. The fourth-order valence-electron chi connectivity index (χ4n) is 5.40. The van der Waals surface area contributed by atoms with Crippen LogP contribution in [0.3, 0.4) is 0 Å². The summed E-state index contributed by atoms with van der Waals surface area (Å²) < 4.78 is 39.3. The molecule has 2 aromatic rings. The smallest absolute Gasteiger partial charge is 0.360 e. The van der Waals surface area contributed by atoms with Crippen LogP contribution in [0.5, 0.6) is 0 Å². The van der Waals surface area contributed by atoms with Crippen LogP contribution < -0.4 is 16.0 Å². The third-order valence-corrected chi connectivity index (χ3v) is 7.31. The van der Waals surface area contributed by atoms with Gasteiger partial charge in [0.2, 0.25) is 11.8 Å². The molecule has 4 rings (SSSR count). The maximum atomic E-state index is 13.1. The molecule has 1 atom stereocenters. The van der Waals surface area contributed by atoms with Crippen LogP contribution in [0.25, 0.3) is 10.9 Å². The molecule has 36 heavy (non-hydrogen) atoms. The van der Waals surface area contributed by atoms with Crippen molar-refractivity contribution in [3.63, 3.8) is 0 Å². The van der Waals surface area contributed by atoms with E-state index in [4.69, 9.17) is 0 Å². The van der Waals surface area contributed by atoms with Gasteiger partial charge in [0.25, 0.3) is 0 Å². The highest BCUT2D eigenvalue weighted by Crippen LogP contribution is 2.33. The second kappa shape index (κ2) is 11.0. The molecular weight excluding hydrogens is 473 g/mol. The molecule has 8 nitrogen and oxygen atoms in total. The first-order valence-electron chi connectivity index (χ1n) is 12.5. The number of alkyl halides is 3. The summed E-state index contributed by atoms with van der Waals surface area (Å²) >= 11 is 0. The van der Waals surface area contributed by atoms with E-state index in [-0.39, 0.29) is 41.6 Å². The Morgan fingerprint density at radius 2 is 1.86 bits per heavy atom. The van der Waals surface area contributed by atoms with Crippen LogP contribution in [0.4, 0.5) is 19.0 Å². The largest absolute Gasteiger partial charge is 0.416 e. The minimum atomic E-state index is -4.48. The third kappa shape index (κ3) is 6.24. The fraction of sp³-hybridized carbons (Fsp3) is 0.600. The summed E-state index contributed by atoms with van der Waals surface area (Å²) in [5.74, 6) is 0.503. The first-order valence-corrected chi connectivity index (χ1v) is 12.5. The molecule has 0 spiro atoms. The number of rotatable bonds is 8. The highest BCUT2D eigenvalue weighted by Gasteiger charge is 2.36. The number of nitrogens with zero attached hydrogens (tertiary/aromatic N) is 3. The van der Waals surface area contributed by atoms with Crippen LogP contribution in [0.15, 0.2) is 24.5 Å². The van der Waals surface area contributed by atoms with Gasteiger partial charge in [-0.15, -0.1) is 0 Å². The Bertz CT molecular complexity index is 1080. The zero-order valence-corrected chi connectivity index (χ0v) is 20.6. The van der Waals surface area contributed by atoms with Crippen molar-refractivity contribution in [2.24, 2.45) is 5.92 Å². The monoisotopic (exact) mass is 506 g/mol. The van der Waals surface area contributed by atoms with Crippen molar-refractivity contribution in [3.8, 4) is 0 Å². The number of carbonyl (C=O) groups is 2. The number of halogens is 3. The van der Waals surface area contributed by atoms with E-state index in [1.807, 2.05) is 0 Å². The fourth-order valence-corrected chi connectivity index (χ4v) is 5.40. The number of hydrogen-bond donors (Lipinski definition) is 3. The molecule has 1 saturated carbocycles. The summed E-state index contributed by atoms with van der Waals surface area (Å²) in [6, 6.07) is 4.06. The number of aromatic nitrogens is 2. The van der Waals surface area contributed by atoms with Crippen molar-refractivity contribution in [1.82, 2.24) is 25.5 Å². The zero-order valence-electron chi connectivity index (χ0n) is 20.6. The molecule has 11 heteroatoms. The van der Waals surface area contributed by atoms with Crippen molar-refractivity contribution in [1.29, 1.82) is 0 Å². The topological polar surface area (TPSA) is 99.2 Å². The molecule has 1 aliphatic carbocycles. The molecule has 196 valence electrons. The van der Waals surface area contributed by atoms with Crippen LogP contribution in [-0.2, 0) is 15.8 Å². The van der Waals surface area contributed by atoms with Gasteiger partial charge in [-0.2, -0.15) is 13.2 Å². The lowest BCUT2D eigenvalue weighted by Gasteiger charge is -2.47. The lowest BCUT2D eigenvalue weighted by atomic mass is 9.79. The summed E-state index contributed by atoms with van der Waals surface area (Å²) in [6.45, 7) is 5.16. The predicted molar refractivity (Wildman–Crippen MR) is 130 cm³/mol. The molecule has 2 heterocycles. The number of nitrogens with one attached hydrogen (secondary N) is 3. The Morgan fingerprint density at radius 1 is 1.14 bits per heavy atom. The molecule has 0 radical (unpaired) electrons. The summed E-state index contributed by atoms with van der Waals surface area (Å²) in [7, 11) is 0. The number of anilines is 1. The summed E-state index contributed by atoms with van der Waals surface area (Å²) in [5.41, 5.74) is -0.422. The highest BCUT2D eigenvalue weighted by molar-refractivity contribution is 5.91. The van der Waals surface area contributed by atoms with Gasteiger partial charge in [0.1, 0.15) is 12.1 Å². The number of amides is 2. The van der Waals surface area contributed by atoms with Crippen molar-refractivity contribution in [2.75, 3.05) is 25.0 Å². The summed E-state index contributed by atoms with van der Waals surface area (Å²) in [5, 5.41) is 9.13. The Kier molecular flexibility index (Phi) is 7.97. The summed E-state index contributed by atoms with van der Waals surface area (Å²) in [4.78, 5) is 34.3. The molecular formula is C25H33F3N6O2. The molecule has 1 unspecified atom stereocenters. The Balaban J connectivity index is 1.22. The van der Waals surface area contributed by atoms with Crippen LogP contribution in [0, 0.1) is 5.92 Å². The molecule has 2 fully saturated rings. The molecule has 1 aromatic heterocycles. The second-order valence-corrected chi connectivity index (χ2v) is 9.81. The van der Waals surface area contributed by atoms with Gasteiger partial charge in [-0.25, -0.2) is 9.97 Å². The van der Waals surface area contributed by atoms with Gasteiger partial charge in [0.05, 0.1) is 23.7 Å². The minimum absolute atomic E-state index is 0.0266. The quantitative estimate of drug-likeness (QED) is 0.508. The maximum Gasteiger partial charge on any atom is 0.416 e. The van der Waals surface area contributed by atoms with Gasteiger partial charge in [-0.1, -0.05) is 6.92 Å². The Hall–Kier alpha value is -2.95. The van der Waals surface area contributed by atoms with Crippen LogP contribution >= 0.6 is 0 Å². The average Bonchev–Trinajstić information content (AvgIpc) is 2.82. The number of likely N-dealkylation sites (tertiary alicyclic amines) is 1. The third-order valence-electron chi connectivity index (χ3n) is 7.31. The van der Waals surface area contributed by atoms with Crippen LogP contribution in [0.1, 0.15) is 51.5 Å². The van der Waals surface area contributed by atoms with Crippen molar-refractivity contribution < 1.29 is 22.8 Å². The minimum Gasteiger partial charge on any atom is -0.360 e. The van der Waals surface area contributed by atoms with Gasteiger partial charge in [0.15, 0.2) is 0 Å². The van der Waals surface area contributed by atoms with Crippen LogP contribution in [-0.4, -0.2) is 64.4 Å². The first kappa shape index (κ1) is 26.1. The van der Waals surface area contributed by atoms with E-state index in [0.29, 0.717) is 17.5 Å². The van der Waals surface area contributed by atoms with E-state index in [9.17, 15) is 22.8 Å². The van der Waals surface area contributed by atoms with Gasteiger partial charge in [-0.05, 0) is 56.2 Å². The van der Waals surface area contributed by atoms with Crippen molar-refractivity contribution in [3.05, 3.63) is 30.1 Å². The molecule has 1 aliphatic heterocycles. The molecule has 1 saturated heterocycles. The first-order chi connectivity index (χ1) is 17.1. The second-order valence-electron chi connectivity index (χ2n) is 9.81. The van der Waals surface area contributed by atoms with Crippen LogP contribution in [0.2, 0.25) is 0 Å². The Morgan fingerprint density at radius 3 is 2.50 bits per heavy atom. The van der Waals surface area contributed by atoms with E-state index in [1.54, 1.807) is 6.92 Å². The molecule has 2 amide bonds. The number of carbonyl (C=O) groups excluding carboxylic acids is 2. The van der Waals surface area contributed by atoms with Gasteiger partial charge < -0.3 is 16.0 Å². The van der Waals surface area contributed by atoms with Crippen molar-refractivity contribution >= 4 is 28.5 Å². The van der Waals surface area contributed by atoms with Gasteiger partial charge >= 0.3 is 6.18 Å². The molecule has 0 bridgehead atoms. The number of hydrogen-bond acceptors (Lipinski definition) is 6. The number of fused-ring (bicyclic) bond motifs is 1. The highest BCUT2D eigenvalue weighted by atomic mass is 19.4. The standard InChI is InChI=1S/C25H33F3N6O2/c1-3-21(32-15(2)35)16-4-7-19(8-5-16)34-12-18(13-34)33-23(36)11-29-24-20-10-17(25(26,27)28)6-9-22(20)30-14-31-24/h6,9-10,14,16,18-19,21H,3-5,7-8,11-13H2,1-2H3,(H,32,35)(H,33,36)(H,29,30,31)/t16-,19+,21?. The SMILES string of the molecule is CCC(NC(C)=O)[C@H]1CC[C@@H](N2CC(NC(=O)CNc3ncnc4ccc(C(F)(F)F)cc34)C2)CC1. The number of benzene rings is 1. The molecule has 1 aromatic carbocycles. The van der Waals surface area contributed by atoms with E-state index >= 15 is 0 Å².